The molecule has 0 N–H and O–H groups in total. The third kappa shape index (κ3) is 1.08. The van der Waals surface area contributed by atoms with Gasteiger partial charge in [0.1, 0.15) is 6.33 Å². The van der Waals surface area contributed by atoms with Crippen LogP contribution in [0.4, 0.5) is 0 Å². The smallest absolute Gasteiger partial charge is 0.300 e. The van der Waals surface area contributed by atoms with Gasteiger partial charge in [0, 0.05) is 20.3 Å². The van der Waals surface area contributed by atoms with Crippen molar-refractivity contribution in [2.24, 2.45) is 14.1 Å². The van der Waals surface area contributed by atoms with E-state index in [0.29, 0.717) is 11.2 Å². The Morgan fingerprint density at radius 1 is 1.33 bits per heavy atom. The molecule has 2 heterocycles. The van der Waals surface area contributed by atoms with E-state index in [4.69, 9.17) is 0 Å². The van der Waals surface area contributed by atoms with E-state index >= 15 is 0 Å². The van der Waals surface area contributed by atoms with Crippen LogP contribution in [0, 0.1) is 0 Å². The summed E-state index contributed by atoms with van der Waals surface area (Å²) in [5, 5.41) is 0. The van der Waals surface area contributed by atoms with Crippen molar-refractivity contribution in [3.63, 3.8) is 0 Å². The van der Waals surface area contributed by atoms with Gasteiger partial charge >= 0.3 is 5.69 Å². The summed E-state index contributed by atoms with van der Waals surface area (Å²) in [6.07, 6.45) is 2.93. The van der Waals surface area contributed by atoms with Crippen molar-refractivity contribution in [1.29, 1.82) is 0 Å². The van der Waals surface area contributed by atoms with Gasteiger partial charge in [-0.3, -0.25) is 13.9 Å². The fourth-order valence-electron chi connectivity index (χ4n) is 1.50. The molecular formula is C9H10N4O2. The van der Waals surface area contributed by atoms with Gasteiger partial charge in [-0.15, -0.1) is 0 Å². The van der Waals surface area contributed by atoms with Gasteiger partial charge in [0.05, 0.1) is 0 Å². The molecule has 0 saturated heterocycles. The highest BCUT2D eigenvalue weighted by Crippen LogP contribution is 2.04. The number of imidazole rings is 1. The van der Waals surface area contributed by atoms with Crippen molar-refractivity contribution in [3.8, 4) is 0 Å². The average Bonchev–Trinajstić information content (AvgIpc) is 2.67. The molecule has 0 bridgehead atoms. The first kappa shape index (κ1) is 9.45. The number of aryl methyl sites for hydroxylation is 1. The highest BCUT2D eigenvalue weighted by Gasteiger charge is 2.12. The van der Waals surface area contributed by atoms with Crippen molar-refractivity contribution in [2.75, 3.05) is 0 Å². The fourth-order valence-corrected chi connectivity index (χ4v) is 1.50. The van der Waals surface area contributed by atoms with Crippen LogP contribution in [-0.4, -0.2) is 18.7 Å². The first-order valence-electron chi connectivity index (χ1n) is 4.33. The molecule has 0 unspecified atom stereocenters. The third-order valence-corrected chi connectivity index (χ3v) is 2.37. The molecule has 0 saturated carbocycles. The minimum Gasteiger partial charge on any atom is -0.300 e. The lowest BCUT2D eigenvalue weighted by Crippen LogP contribution is -2.37. The molecule has 0 aliphatic heterocycles. The summed E-state index contributed by atoms with van der Waals surface area (Å²) in [4.78, 5) is 27.3. The number of hydrogen-bond donors (Lipinski definition) is 0. The number of aromatic nitrogens is 4. The monoisotopic (exact) mass is 206 g/mol. The molecular weight excluding hydrogens is 196 g/mol. The Balaban J connectivity index is 3.18. The van der Waals surface area contributed by atoms with E-state index in [1.165, 1.54) is 28.7 Å². The third-order valence-electron chi connectivity index (χ3n) is 2.37. The molecule has 78 valence electrons. The molecule has 0 spiro atoms. The van der Waals surface area contributed by atoms with E-state index in [-0.39, 0.29) is 11.2 Å². The van der Waals surface area contributed by atoms with Crippen LogP contribution >= 0.6 is 0 Å². The quantitative estimate of drug-likeness (QED) is 0.634. The second kappa shape index (κ2) is 2.94. The van der Waals surface area contributed by atoms with E-state index < -0.39 is 0 Å². The van der Waals surface area contributed by atoms with Crippen LogP contribution in [0.2, 0.25) is 0 Å². The second-order valence-electron chi connectivity index (χ2n) is 3.21. The summed E-state index contributed by atoms with van der Waals surface area (Å²) >= 11 is 0. The molecule has 2 rings (SSSR count). The minimum atomic E-state index is -0.387. The van der Waals surface area contributed by atoms with Gasteiger partial charge in [-0.2, -0.15) is 0 Å². The largest absolute Gasteiger partial charge is 0.332 e. The maximum absolute atomic E-state index is 11.8. The van der Waals surface area contributed by atoms with Gasteiger partial charge in [0.15, 0.2) is 11.2 Å². The zero-order valence-electron chi connectivity index (χ0n) is 8.47. The van der Waals surface area contributed by atoms with Crippen LogP contribution in [0.3, 0.4) is 0 Å². The Labute approximate surface area is 84.7 Å². The molecule has 2 aromatic rings. The summed E-state index contributed by atoms with van der Waals surface area (Å²) in [7, 11) is 3.01. The van der Waals surface area contributed by atoms with Crippen LogP contribution in [0.1, 0.15) is 0 Å². The minimum absolute atomic E-state index is 0.356. The van der Waals surface area contributed by atoms with Crippen LogP contribution in [0.15, 0.2) is 22.5 Å². The Kier molecular flexibility index (Phi) is 1.85. The molecule has 2 aromatic heterocycles. The standard InChI is InChI=1S/C9H10N4O2/c1-4-13-5-10-7-6(13)8(14)12(3)9(15)11(7)2/h4-5H,1H2,2-3H3. The Bertz CT molecular complexity index is 659. The summed E-state index contributed by atoms with van der Waals surface area (Å²) in [6.45, 7) is 3.56. The molecule has 0 atom stereocenters. The lowest BCUT2D eigenvalue weighted by atomic mass is 10.5. The van der Waals surface area contributed by atoms with Crippen LogP contribution in [-0.2, 0) is 14.1 Å². The highest BCUT2D eigenvalue weighted by atomic mass is 16.2. The number of rotatable bonds is 1. The first-order chi connectivity index (χ1) is 7.07. The van der Waals surface area contributed by atoms with Gasteiger partial charge in [-0.05, 0) is 0 Å². The molecule has 6 heteroatoms. The van der Waals surface area contributed by atoms with Gasteiger partial charge in [-0.25, -0.2) is 9.78 Å². The van der Waals surface area contributed by atoms with Crippen LogP contribution in [0.5, 0.6) is 0 Å². The SMILES string of the molecule is C=Cn1cnc2c1c(=O)n(C)c(=O)n2C. The zero-order valence-corrected chi connectivity index (χ0v) is 8.47. The van der Waals surface area contributed by atoms with Crippen molar-refractivity contribution < 1.29 is 0 Å². The Morgan fingerprint density at radius 3 is 2.60 bits per heavy atom. The van der Waals surface area contributed by atoms with Crippen molar-refractivity contribution in [2.45, 2.75) is 0 Å². The van der Waals surface area contributed by atoms with Gasteiger partial charge in [0.2, 0.25) is 0 Å². The second-order valence-corrected chi connectivity index (χ2v) is 3.21. The normalized spacial score (nSPS) is 10.8. The molecule has 6 nitrogen and oxygen atoms in total. The van der Waals surface area contributed by atoms with Gasteiger partial charge < -0.3 is 4.57 Å². The summed E-state index contributed by atoms with van der Waals surface area (Å²) < 4.78 is 3.87. The summed E-state index contributed by atoms with van der Waals surface area (Å²) in [5.41, 5.74) is -0.0371. The predicted octanol–water partition coefficient (Wildman–Crippen LogP) is -0.466. The predicted molar refractivity (Wildman–Crippen MR) is 56.6 cm³/mol. The number of hydrogen-bond acceptors (Lipinski definition) is 3. The summed E-state index contributed by atoms with van der Waals surface area (Å²) in [5.74, 6) is 0. The highest BCUT2D eigenvalue weighted by molar-refractivity contribution is 5.72. The van der Waals surface area contributed by atoms with Crippen molar-refractivity contribution >= 4 is 17.4 Å². The molecule has 0 aliphatic carbocycles. The van der Waals surface area contributed by atoms with Crippen LogP contribution in [0.25, 0.3) is 17.4 Å². The number of fused-ring (bicyclic) bond motifs is 1. The molecule has 0 aliphatic rings. The molecule has 0 aromatic carbocycles. The molecule has 0 fully saturated rings. The van der Waals surface area contributed by atoms with E-state index in [0.717, 1.165) is 4.57 Å². The number of nitrogens with zero attached hydrogens (tertiary/aromatic N) is 4. The van der Waals surface area contributed by atoms with Gasteiger partial charge in [0.25, 0.3) is 5.56 Å². The molecule has 0 amide bonds. The maximum Gasteiger partial charge on any atom is 0.332 e. The van der Waals surface area contributed by atoms with Crippen molar-refractivity contribution in [3.05, 3.63) is 33.7 Å². The lowest BCUT2D eigenvalue weighted by molar-refractivity contribution is 0.708. The zero-order chi connectivity index (χ0) is 11.2. The van der Waals surface area contributed by atoms with E-state index in [2.05, 4.69) is 11.6 Å². The molecule has 0 radical (unpaired) electrons. The van der Waals surface area contributed by atoms with Crippen LogP contribution < -0.4 is 11.2 Å². The first-order valence-corrected chi connectivity index (χ1v) is 4.33. The summed E-state index contributed by atoms with van der Waals surface area (Å²) in [6, 6.07) is 0. The lowest BCUT2D eigenvalue weighted by Gasteiger charge is -2.02. The Hall–Kier alpha value is -2.11. The Morgan fingerprint density at radius 2 is 2.00 bits per heavy atom. The topological polar surface area (TPSA) is 61.8 Å². The maximum atomic E-state index is 11.8. The van der Waals surface area contributed by atoms with Gasteiger partial charge in [-0.1, -0.05) is 6.58 Å². The van der Waals surface area contributed by atoms with E-state index in [9.17, 15) is 9.59 Å². The van der Waals surface area contributed by atoms with E-state index in [1.54, 1.807) is 7.05 Å². The average molecular weight is 206 g/mol. The van der Waals surface area contributed by atoms with E-state index in [1.807, 2.05) is 0 Å². The molecule has 15 heavy (non-hydrogen) atoms. The fraction of sp³-hybridized carbons (Fsp3) is 0.222. The van der Waals surface area contributed by atoms with Crippen molar-refractivity contribution in [1.82, 2.24) is 18.7 Å².